The first-order valence-corrected chi connectivity index (χ1v) is 13.1. The van der Waals surface area contributed by atoms with Crippen LogP contribution in [-0.4, -0.2) is 55.9 Å². The van der Waals surface area contributed by atoms with Crippen LogP contribution in [0, 0.1) is 0 Å². The van der Waals surface area contributed by atoms with Crippen molar-refractivity contribution in [3.05, 3.63) is 65.9 Å². The average molecular weight is 562 g/mol. The fourth-order valence-electron chi connectivity index (χ4n) is 4.43. The lowest BCUT2D eigenvalue weighted by molar-refractivity contribution is -0.746. The van der Waals surface area contributed by atoms with E-state index in [1.807, 2.05) is 0 Å². The van der Waals surface area contributed by atoms with Crippen LogP contribution >= 0.6 is 12.2 Å². The van der Waals surface area contributed by atoms with E-state index in [2.05, 4.69) is 20.9 Å². The van der Waals surface area contributed by atoms with Gasteiger partial charge < -0.3 is 20.6 Å². The maximum absolute atomic E-state index is 13.5. The fraction of sp³-hybridized carbons (Fsp3) is 0.296. The standard InChI is InChI=1S/C27H26N7O5S/c1-16(35)28-18-8-10-19(11-9-18)29-23(36)14-21-26(38)34(20-12-13-20)27(40)33(21)15-22-25(39-31-32(22)2)30-24(37)17-6-4-3-5-7-17/h3-11,20-21H,12-15H2,1-2H3,(H,30,37)/q-1/p+1. The molecule has 3 aromatic rings. The summed E-state index contributed by atoms with van der Waals surface area (Å²) in [5.41, 5.74) is 1.93. The van der Waals surface area contributed by atoms with E-state index in [-0.39, 0.29) is 42.6 Å². The van der Waals surface area contributed by atoms with Crippen molar-refractivity contribution < 1.29 is 28.7 Å². The van der Waals surface area contributed by atoms with Crippen molar-refractivity contribution in [1.29, 1.82) is 0 Å². The van der Waals surface area contributed by atoms with E-state index in [4.69, 9.17) is 16.7 Å². The highest BCUT2D eigenvalue weighted by atomic mass is 32.1. The van der Waals surface area contributed by atoms with Gasteiger partial charge in [-0.1, -0.05) is 30.3 Å². The summed E-state index contributed by atoms with van der Waals surface area (Å²) >= 11 is 5.69. The highest BCUT2D eigenvalue weighted by Crippen LogP contribution is 2.35. The number of thiocarbonyl (C=S) groups is 1. The van der Waals surface area contributed by atoms with E-state index >= 15 is 0 Å². The van der Waals surface area contributed by atoms with E-state index < -0.39 is 11.9 Å². The summed E-state index contributed by atoms with van der Waals surface area (Å²) < 4.78 is 6.76. The molecule has 1 saturated heterocycles. The molecule has 1 saturated carbocycles. The van der Waals surface area contributed by atoms with E-state index in [1.165, 1.54) is 11.6 Å². The number of anilines is 2. The Labute approximate surface area is 235 Å². The van der Waals surface area contributed by atoms with Gasteiger partial charge in [-0.05, 0) is 65.5 Å². The number of aromatic nitrogens is 2. The highest BCUT2D eigenvalue weighted by molar-refractivity contribution is 7.80. The molecule has 0 bridgehead atoms. The summed E-state index contributed by atoms with van der Waals surface area (Å²) in [6.45, 7) is 1.46. The van der Waals surface area contributed by atoms with Crippen molar-refractivity contribution in [1.82, 2.24) is 15.1 Å². The summed E-state index contributed by atoms with van der Waals surface area (Å²) in [6.07, 6.45) is 1.53. The third kappa shape index (κ3) is 5.83. The van der Waals surface area contributed by atoms with E-state index in [0.717, 1.165) is 12.8 Å². The smallest absolute Gasteiger partial charge is 0.325 e. The fourth-order valence-corrected chi connectivity index (χ4v) is 4.86. The van der Waals surface area contributed by atoms with Crippen LogP contribution in [0.2, 0.25) is 0 Å². The molecule has 2 N–H and O–H groups in total. The van der Waals surface area contributed by atoms with Gasteiger partial charge in [0, 0.05) is 24.3 Å². The molecule has 206 valence electrons. The number of aliphatic imine (C=N–C) groups is 1. The predicted octanol–water partition coefficient (Wildman–Crippen LogP) is 1.38. The molecule has 1 aliphatic carbocycles. The molecule has 1 atom stereocenters. The van der Waals surface area contributed by atoms with Crippen LogP contribution in [-0.2, 0) is 28.0 Å². The van der Waals surface area contributed by atoms with E-state index in [1.54, 1.807) is 71.4 Å². The molecule has 5 rings (SSSR count). The monoisotopic (exact) mass is 561 g/mol. The maximum Gasteiger partial charge on any atom is 0.325 e. The van der Waals surface area contributed by atoms with Gasteiger partial charge in [-0.3, -0.25) is 23.8 Å². The Bertz CT molecular complexity index is 1480. The first-order valence-electron chi connectivity index (χ1n) is 12.7. The number of aryl methyl sites for hydroxylation is 1. The molecule has 1 aliphatic heterocycles. The number of hydrogen-bond acceptors (Lipinski definition) is 8. The second-order valence-electron chi connectivity index (χ2n) is 9.61. The SMILES string of the molecule is CC(=O)Nc1ccc(NC(=O)CC2C(=O)N(C3CC3)C(=S)N2Cc2c(/N=C(\[O-])c3ccccc3)on[n+]2C)cc1. The molecule has 13 heteroatoms. The molecule has 12 nitrogen and oxygen atoms in total. The van der Waals surface area contributed by atoms with Gasteiger partial charge in [-0.25, -0.2) is 4.99 Å². The summed E-state index contributed by atoms with van der Waals surface area (Å²) in [5, 5.41) is 22.4. The van der Waals surface area contributed by atoms with Gasteiger partial charge in [0.1, 0.15) is 12.6 Å². The van der Waals surface area contributed by atoms with Gasteiger partial charge in [-0.2, -0.15) is 0 Å². The summed E-state index contributed by atoms with van der Waals surface area (Å²) in [6, 6.07) is 14.4. The minimum Gasteiger partial charge on any atom is -0.858 e. The zero-order valence-corrected chi connectivity index (χ0v) is 22.7. The topological polar surface area (TPSA) is 147 Å². The summed E-state index contributed by atoms with van der Waals surface area (Å²) in [5.74, 6) is -1.33. The van der Waals surface area contributed by atoms with Crippen LogP contribution < -0.4 is 20.4 Å². The third-order valence-electron chi connectivity index (χ3n) is 6.56. The van der Waals surface area contributed by atoms with Gasteiger partial charge in [0.15, 0.2) is 12.2 Å². The van der Waals surface area contributed by atoms with Crippen molar-refractivity contribution in [3.8, 4) is 0 Å². The van der Waals surface area contributed by atoms with Crippen molar-refractivity contribution in [2.45, 2.75) is 44.8 Å². The van der Waals surface area contributed by atoms with Gasteiger partial charge >= 0.3 is 5.88 Å². The Balaban J connectivity index is 1.36. The second kappa shape index (κ2) is 11.2. The zero-order valence-electron chi connectivity index (χ0n) is 21.9. The molecule has 2 heterocycles. The molecule has 2 aromatic carbocycles. The predicted molar refractivity (Wildman–Crippen MR) is 146 cm³/mol. The Hall–Kier alpha value is -4.65. The number of hydrogen-bond donors (Lipinski definition) is 2. The maximum atomic E-state index is 13.5. The Morgan fingerprint density at radius 1 is 1.12 bits per heavy atom. The number of carbonyl (C=O) groups is 3. The molecule has 2 fully saturated rings. The van der Waals surface area contributed by atoms with Crippen molar-refractivity contribution in [2.24, 2.45) is 12.0 Å². The van der Waals surface area contributed by atoms with Gasteiger partial charge in [0.05, 0.1) is 6.42 Å². The van der Waals surface area contributed by atoms with Crippen molar-refractivity contribution in [2.75, 3.05) is 10.6 Å². The molecule has 3 amide bonds. The highest BCUT2D eigenvalue weighted by Gasteiger charge is 2.50. The number of rotatable bonds is 9. The van der Waals surface area contributed by atoms with Gasteiger partial charge in [-0.15, -0.1) is 0 Å². The number of amides is 3. The average Bonchev–Trinajstić information content (AvgIpc) is 3.66. The van der Waals surface area contributed by atoms with Crippen LogP contribution in [0.3, 0.4) is 0 Å². The zero-order chi connectivity index (χ0) is 28.4. The van der Waals surface area contributed by atoms with Crippen LogP contribution in [0.1, 0.15) is 37.4 Å². The molecule has 0 spiro atoms. The van der Waals surface area contributed by atoms with Gasteiger partial charge in [0.2, 0.25) is 17.1 Å². The van der Waals surface area contributed by atoms with Crippen LogP contribution in [0.4, 0.5) is 17.3 Å². The second-order valence-corrected chi connectivity index (χ2v) is 9.97. The molecule has 0 radical (unpaired) electrons. The first-order chi connectivity index (χ1) is 19.2. The Morgan fingerprint density at radius 3 is 2.40 bits per heavy atom. The molecule has 1 unspecified atom stereocenters. The van der Waals surface area contributed by atoms with E-state index in [0.29, 0.717) is 27.7 Å². The Morgan fingerprint density at radius 2 is 1.77 bits per heavy atom. The summed E-state index contributed by atoms with van der Waals surface area (Å²) in [7, 11) is 1.64. The van der Waals surface area contributed by atoms with Crippen molar-refractivity contribution >= 4 is 58.2 Å². The number of nitrogens with one attached hydrogen (secondary N) is 2. The van der Waals surface area contributed by atoms with Crippen LogP contribution in [0.5, 0.6) is 0 Å². The molecular formula is C27H27N7O5S. The normalized spacial score (nSPS) is 17.4. The molecular weight excluding hydrogens is 534 g/mol. The molecule has 1 aromatic heterocycles. The van der Waals surface area contributed by atoms with Crippen LogP contribution in [0.25, 0.3) is 0 Å². The molecule has 40 heavy (non-hydrogen) atoms. The van der Waals surface area contributed by atoms with Gasteiger partial charge in [0.25, 0.3) is 11.6 Å². The third-order valence-corrected chi connectivity index (χ3v) is 6.99. The lowest BCUT2D eigenvalue weighted by Crippen LogP contribution is -2.42. The number of nitrogens with zero attached hydrogens (tertiary/aromatic N) is 5. The summed E-state index contributed by atoms with van der Waals surface area (Å²) in [4.78, 5) is 45.1. The van der Waals surface area contributed by atoms with Crippen LogP contribution in [0.15, 0.2) is 64.1 Å². The van der Waals surface area contributed by atoms with Crippen molar-refractivity contribution in [3.63, 3.8) is 0 Å². The van der Waals surface area contributed by atoms with E-state index in [9.17, 15) is 19.5 Å². The largest absolute Gasteiger partial charge is 0.858 e. The first kappa shape index (κ1) is 26.9. The minimum atomic E-state index is -0.862. The Kier molecular flexibility index (Phi) is 7.56. The lowest BCUT2D eigenvalue weighted by Gasteiger charge is -2.21. The lowest BCUT2D eigenvalue weighted by atomic mass is 10.1. The number of carbonyl (C=O) groups excluding carboxylic acids is 3. The number of benzene rings is 2. The minimum absolute atomic E-state index is 0.000986. The molecule has 2 aliphatic rings. The quantitative estimate of drug-likeness (QED) is 0.172.